The zero-order chi connectivity index (χ0) is 45.3. The topological polar surface area (TPSA) is 230 Å². The molecule has 20 heteroatoms. The van der Waals surface area contributed by atoms with Crippen LogP contribution in [-0.2, 0) is 24.0 Å². The lowest BCUT2D eigenvalue weighted by molar-refractivity contribution is -0.139. The Balaban J connectivity index is 0.836. The van der Waals surface area contributed by atoms with Gasteiger partial charge in [-0.3, -0.25) is 63.1 Å². The SMILES string of the molecule is [C-]#[N+][C@@H]1C[C@@H]2C[C@@H]2N1C(=O)CNC(=O)c1ccnc2ccc(OCC3CN(CC4CCN(C(=O)CN5CCN(CC(=O)O)CCN(CC(N)=O)CCN(CC(=O)O)CC5)CC4)C3)cc12. The number of nitrogens with two attached hydrogens (primary N) is 1. The first-order valence-corrected chi connectivity index (χ1v) is 22.4. The van der Waals surface area contributed by atoms with Crippen molar-refractivity contribution >= 4 is 46.5 Å². The van der Waals surface area contributed by atoms with Gasteiger partial charge < -0.3 is 35.8 Å². The minimum absolute atomic E-state index is 0.00512. The highest BCUT2D eigenvalue weighted by molar-refractivity contribution is 6.07. The number of primary amides is 1. The Bertz CT molecular complexity index is 2040. The molecule has 4 amide bonds. The highest BCUT2D eigenvalue weighted by atomic mass is 16.5. The van der Waals surface area contributed by atoms with Crippen LogP contribution in [-0.4, -0.2) is 222 Å². The number of carbonyl (C=O) groups is 6. The van der Waals surface area contributed by atoms with Crippen LogP contribution in [0.25, 0.3) is 15.7 Å². The number of nitrogens with one attached hydrogen (secondary N) is 1. The summed E-state index contributed by atoms with van der Waals surface area (Å²) >= 11 is 0. The Labute approximate surface area is 373 Å². The summed E-state index contributed by atoms with van der Waals surface area (Å²) in [6, 6.07) is 7.25. The molecule has 0 bridgehead atoms. The number of likely N-dealkylation sites (tertiary alicyclic amines) is 3. The van der Waals surface area contributed by atoms with Crippen molar-refractivity contribution in [3.63, 3.8) is 0 Å². The van der Waals surface area contributed by atoms with E-state index in [0.29, 0.717) is 118 Å². The average Bonchev–Trinajstić information content (AvgIpc) is 3.91. The van der Waals surface area contributed by atoms with E-state index in [1.165, 1.54) is 0 Å². The number of rotatable bonds is 16. The highest BCUT2D eigenvalue weighted by Crippen LogP contribution is 2.48. The first-order chi connectivity index (χ1) is 30.8. The first-order valence-electron chi connectivity index (χ1n) is 22.4. The number of pyridine rings is 1. The molecule has 20 nitrogen and oxygen atoms in total. The van der Waals surface area contributed by atoms with Gasteiger partial charge in [-0.1, -0.05) is 0 Å². The number of carboxylic acids is 2. The van der Waals surface area contributed by atoms with Gasteiger partial charge in [-0.25, -0.2) is 6.57 Å². The smallest absolute Gasteiger partial charge is 0.317 e. The van der Waals surface area contributed by atoms with E-state index in [9.17, 15) is 39.0 Å². The van der Waals surface area contributed by atoms with Crippen molar-refractivity contribution < 1.29 is 43.7 Å². The Morgan fingerprint density at radius 1 is 0.766 bits per heavy atom. The number of carbonyl (C=O) groups excluding carboxylic acids is 4. The van der Waals surface area contributed by atoms with E-state index in [0.717, 1.165) is 38.9 Å². The maximum atomic E-state index is 13.6. The molecule has 5 aliphatic rings. The van der Waals surface area contributed by atoms with Gasteiger partial charge in [0, 0.05) is 115 Å². The lowest BCUT2D eigenvalue weighted by atomic mass is 9.92. The molecule has 1 aromatic carbocycles. The zero-order valence-electron chi connectivity index (χ0n) is 36.4. The molecule has 0 unspecified atom stereocenters. The number of aromatic nitrogens is 1. The monoisotopic (exact) mass is 887 g/mol. The van der Waals surface area contributed by atoms with Gasteiger partial charge in [0.2, 0.25) is 17.7 Å². The van der Waals surface area contributed by atoms with Crippen molar-refractivity contribution in [2.75, 3.05) is 124 Å². The minimum atomic E-state index is -0.968. The second kappa shape index (κ2) is 21.5. The summed E-state index contributed by atoms with van der Waals surface area (Å²) < 4.78 is 6.20. The average molecular weight is 888 g/mol. The van der Waals surface area contributed by atoms with Crippen LogP contribution in [0.3, 0.4) is 0 Å². The second-order valence-corrected chi connectivity index (χ2v) is 18.0. The molecule has 5 N–H and O–H groups in total. The minimum Gasteiger partial charge on any atom is -0.493 e. The van der Waals surface area contributed by atoms with Crippen LogP contribution in [0.2, 0.25) is 0 Å². The van der Waals surface area contributed by atoms with Crippen LogP contribution in [0, 0.1) is 24.3 Å². The van der Waals surface area contributed by atoms with Crippen LogP contribution < -0.4 is 15.8 Å². The molecular weight excluding hydrogens is 827 g/mol. The van der Waals surface area contributed by atoms with Gasteiger partial charge in [0.25, 0.3) is 5.91 Å². The van der Waals surface area contributed by atoms with Gasteiger partial charge in [-0.05, 0) is 55.4 Å². The first kappa shape index (κ1) is 46.5. The largest absolute Gasteiger partial charge is 0.493 e. The van der Waals surface area contributed by atoms with Crippen molar-refractivity contribution in [3.8, 4) is 5.75 Å². The molecule has 5 heterocycles. The molecule has 3 atom stereocenters. The summed E-state index contributed by atoms with van der Waals surface area (Å²) in [5, 5.41) is 22.5. The lowest BCUT2D eigenvalue weighted by Gasteiger charge is -2.42. The molecule has 0 spiro atoms. The van der Waals surface area contributed by atoms with E-state index < -0.39 is 24.0 Å². The second-order valence-electron chi connectivity index (χ2n) is 18.0. The third-order valence-corrected chi connectivity index (χ3v) is 13.3. The molecular formula is C44H61N11O9. The molecule has 64 heavy (non-hydrogen) atoms. The number of fused-ring (bicyclic) bond motifs is 2. The molecule has 5 fully saturated rings. The van der Waals surface area contributed by atoms with Gasteiger partial charge in [-0.2, -0.15) is 0 Å². The molecule has 4 saturated heterocycles. The number of nitrogens with zero attached hydrogens (tertiary/aromatic N) is 9. The Morgan fingerprint density at radius 2 is 1.38 bits per heavy atom. The lowest BCUT2D eigenvalue weighted by Crippen LogP contribution is -2.53. The fourth-order valence-electron chi connectivity index (χ4n) is 9.63. The summed E-state index contributed by atoms with van der Waals surface area (Å²) in [6.45, 7) is 14.8. The summed E-state index contributed by atoms with van der Waals surface area (Å²) in [5.74, 6) is -1.20. The quantitative estimate of drug-likeness (QED) is 0.152. The molecule has 1 aliphatic carbocycles. The molecule has 0 radical (unpaired) electrons. The number of ether oxygens (including phenoxy) is 1. The van der Waals surface area contributed by atoms with Crippen molar-refractivity contribution in [2.45, 2.75) is 37.9 Å². The van der Waals surface area contributed by atoms with Crippen LogP contribution in [0.1, 0.15) is 36.0 Å². The number of piperidine rings is 2. The van der Waals surface area contributed by atoms with Crippen LogP contribution in [0.5, 0.6) is 5.75 Å². The maximum absolute atomic E-state index is 13.6. The highest BCUT2D eigenvalue weighted by Gasteiger charge is 2.57. The Kier molecular flexibility index (Phi) is 15.6. The number of carboxylic acid groups (broad SMARTS) is 2. The van der Waals surface area contributed by atoms with Crippen molar-refractivity contribution in [1.82, 2.24) is 44.6 Å². The molecule has 7 rings (SSSR count). The van der Waals surface area contributed by atoms with E-state index in [-0.39, 0.29) is 56.5 Å². The Morgan fingerprint density at radius 3 is 1.97 bits per heavy atom. The molecule has 1 aromatic heterocycles. The van der Waals surface area contributed by atoms with Crippen LogP contribution in [0.15, 0.2) is 30.5 Å². The van der Waals surface area contributed by atoms with Gasteiger partial charge in [-0.15, -0.1) is 0 Å². The predicted molar refractivity (Wildman–Crippen MR) is 233 cm³/mol. The number of benzene rings is 1. The number of aliphatic carboxylic acids is 2. The molecule has 1 saturated carbocycles. The van der Waals surface area contributed by atoms with Gasteiger partial charge in [0.1, 0.15) is 5.75 Å². The number of hydrogen-bond acceptors (Lipinski definition) is 13. The fourth-order valence-corrected chi connectivity index (χ4v) is 9.63. The molecule has 346 valence electrons. The fraction of sp³-hybridized carbons (Fsp3) is 0.636. The van der Waals surface area contributed by atoms with E-state index in [1.807, 2.05) is 32.9 Å². The number of hydrogen-bond donors (Lipinski definition) is 4. The van der Waals surface area contributed by atoms with Gasteiger partial charge in [0.15, 0.2) is 0 Å². The van der Waals surface area contributed by atoms with Crippen molar-refractivity contribution in [1.29, 1.82) is 0 Å². The van der Waals surface area contributed by atoms with E-state index in [2.05, 4.69) is 20.0 Å². The normalized spacial score (nSPS) is 23.6. The summed E-state index contributed by atoms with van der Waals surface area (Å²) in [7, 11) is 0. The third kappa shape index (κ3) is 12.6. The van der Waals surface area contributed by atoms with Gasteiger partial charge >= 0.3 is 18.1 Å². The van der Waals surface area contributed by atoms with E-state index >= 15 is 0 Å². The van der Waals surface area contributed by atoms with Crippen LogP contribution >= 0.6 is 0 Å². The third-order valence-electron chi connectivity index (χ3n) is 13.3. The summed E-state index contributed by atoms with van der Waals surface area (Å²) in [5.41, 5.74) is 6.49. The van der Waals surface area contributed by atoms with Crippen molar-refractivity contribution in [3.05, 3.63) is 47.4 Å². The number of amides is 4. The molecule has 2 aromatic rings. The zero-order valence-corrected chi connectivity index (χ0v) is 36.4. The maximum Gasteiger partial charge on any atom is 0.317 e. The van der Waals surface area contributed by atoms with Crippen molar-refractivity contribution in [2.24, 2.45) is 23.5 Å². The van der Waals surface area contributed by atoms with E-state index in [4.69, 9.17) is 17.0 Å². The summed E-state index contributed by atoms with van der Waals surface area (Å²) in [4.78, 5) is 96.2. The summed E-state index contributed by atoms with van der Waals surface area (Å²) in [6.07, 6.45) is 4.55. The molecule has 4 aliphatic heterocycles. The van der Waals surface area contributed by atoms with Gasteiger partial charge in [0.05, 0.1) is 50.4 Å². The predicted octanol–water partition coefficient (Wildman–Crippen LogP) is -0.744. The Hall–Kier alpha value is -5.46. The van der Waals surface area contributed by atoms with Crippen LogP contribution in [0.4, 0.5) is 0 Å². The van der Waals surface area contributed by atoms with E-state index in [1.54, 1.807) is 27.0 Å². The standard InChI is InChI=1S/C44H61N11O9/c1-46-39-19-32-18-37(32)55(39)40(57)21-48-44(63)34-4-7-47-36-3-2-33(20-35(34)36)64-29-31-23-53(24-31)22-30-5-8-54(9-6-30)41(58)26-50-12-16-51(27-42(59)60)14-10-49(25-38(45)56)11-15-52(17-13-50)28-43(61)62/h2-4,7,20,30-32,37,39H,5-6,8-19,21-29H2,(H2,45,56)(H,48,63)(H,59,60)(H,61,62)/t32-,37-,39-/m0/s1.